The van der Waals surface area contributed by atoms with Gasteiger partial charge < -0.3 is 10.2 Å². The van der Waals surface area contributed by atoms with E-state index in [-0.39, 0.29) is 10.7 Å². The number of rotatable bonds is 7. The summed E-state index contributed by atoms with van der Waals surface area (Å²) < 4.78 is -0.354. The average molecular weight is 417 g/mol. The van der Waals surface area contributed by atoms with E-state index in [0.717, 1.165) is 31.9 Å². The maximum absolute atomic E-state index is 12.8. The van der Waals surface area contributed by atoms with Crippen molar-refractivity contribution in [2.75, 3.05) is 31.9 Å². The van der Waals surface area contributed by atoms with E-state index in [0.29, 0.717) is 6.42 Å². The Balaban J connectivity index is 1.67. The van der Waals surface area contributed by atoms with Gasteiger partial charge in [-0.2, -0.15) is 0 Å². The topological polar surface area (TPSA) is 32.3 Å². The monoisotopic (exact) mass is 416 g/mol. The molecule has 0 atom stereocenters. The molecule has 30 heavy (non-hydrogen) atoms. The Hall–Kier alpha value is -2.56. The minimum atomic E-state index is -0.354. The number of hydrogen-bond acceptors (Lipinski definition) is 3. The van der Waals surface area contributed by atoms with E-state index >= 15 is 0 Å². The van der Waals surface area contributed by atoms with Crippen LogP contribution in [-0.2, 0) is 9.54 Å². The summed E-state index contributed by atoms with van der Waals surface area (Å²) in [7, 11) is 0. The summed E-state index contributed by atoms with van der Waals surface area (Å²) in [6, 6.07) is 32.0. The molecule has 1 aliphatic rings. The summed E-state index contributed by atoms with van der Waals surface area (Å²) in [5, 5.41) is 3.32. The molecule has 0 spiro atoms. The van der Waals surface area contributed by atoms with E-state index in [4.69, 9.17) is 0 Å². The highest BCUT2D eigenvalue weighted by Crippen LogP contribution is 2.48. The molecule has 154 valence electrons. The maximum atomic E-state index is 12.8. The molecule has 0 bridgehead atoms. The number of carbonyl (C=O) groups is 1. The number of piperazine rings is 1. The third-order valence-electron chi connectivity index (χ3n) is 5.65. The van der Waals surface area contributed by atoms with Crippen molar-refractivity contribution in [1.82, 2.24) is 10.2 Å². The fourth-order valence-corrected chi connectivity index (χ4v) is 5.62. The normalized spacial score (nSPS) is 14.5. The number of carbonyl (C=O) groups excluding carboxylic acids is 1. The van der Waals surface area contributed by atoms with Crippen molar-refractivity contribution in [2.24, 2.45) is 0 Å². The molecule has 4 rings (SSSR count). The van der Waals surface area contributed by atoms with Crippen LogP contribution in [0.5, 0.6) is 0 Å². The molecule has 0 radical (unpaired) electrons. The number of benzene rings is 3. The van der Waals surface area contributed by atoms with Gasteiger partial charge in [0.25, 0.3) is 0 Å². The van der Waals surface area contributed by atoms with Crippen molar-refractivity contribution in [3.05, 3.63) is 108 Å². The fourth-order valence-electron chi connectivity index (χ4n) is 4.13. The second kappa shape index (κ2) is 9.96. The van der Waals surface area contributed by atoms with Gasteiger partial charge in [0, 0.05) is 38.4 Å². The molecular formula is C26H28N2OS. The second-order valence-corrected chi connectivity index (χ2v) is 8.82. The zero-order chi connectivity index (χ0) is 20.7. The van der Waals surface area contributed by atoms with Gasteiger partial charge in [-0.25, -0.2) is 0 Å². The number of thioether (sulfide) groups is 1. The molecule has 1 saturated heterocycles. The summed E-state index contributed by atoms with van der Waals surface area (Å²) >= 11 is 1.86. The predicted octanol–water partition coefficient (Wildman–Crippen LogP) is 4.53. The van der Waals surface area contributed by atoms with Gasteiger partial charge in [-0.15, -0.1) is 11.8 Å². The Morgan fingerprint density at radius 2 is 1.20 bits per heavy atom. The Bertz CT molecular complexity index is 828. The van der Waals surface area contributed by atoms with Crippen molar-refractivity contribution >= 4 is 17.7 Å². The van der Waals surface area contributed by atoms with Gasteiger partial charge in [-0.1, -0.05) is 91.0 Å². The Morgan fingerprint density at radius 3 is 1.63 bits per heavy atom. The largest absolute Gasteiger partial charge is 0.340 e. The van der Waals surface area contributed by atoms with Crippen molar-refractivity contribution < 1.29 is 4.79 Å². The van der Waals surface area contributed by atoms with Crippen molar-refractivity contribution in [2.45, 2.75) is 11.2 Å². The molecule has 3 aromatic carbocycles. The van der Waals surface area contributed by atoms with Crippen molar-refractivity contribution in [1.29, 1.82) is 0 Å². The summed E-state index contributed by atoms with van der Waals surface area (Å²) in [6.07, 6.45) is 0.554. The highest BCUT2D eigenvalue weighted by atomic mass is 32.2. The third-order valence-corrected chi connectivity index (χ3v) is 7.19. The van der Waals surface area contributed by atoms with Crippen LogP contribution in [0.4, 0.5) is 0 Å². The van der Waals surface area contributed by atoms with Crippen LogP contribution in [0.2, 0.25) is 0 Å². The number of amides is 1. The van der Waals surface area contributed by atoms with E-state index in [1.165, 1.54) is 16.7 Å². The van der Waals surface area contributed by atoms with Crippen LogP contribution < -0.4 is 5.32 Å². The predicted molar refractivity (Wildman–Crippen MR) is 126 cm³/mol. The van der Waals surface area contributed by atoms with Crippen LogP contribution in [0.1, 0.15) is 23.1 Å². The Morgan fingerprint density at radius 1 is 0.767 bits per heavy atom. The molecule has 1 N–H and O–H groups in total. The SMILES string of the molecule is O=C(CCSC(c1ccccc1)(c1ccccc1)c1ccccc1)N1CCNCC1. The molecule has 4 heteroatoms. The number of hydrogen-bond donors (Lipinski definition) is 1. The quantitative estimate of drug-likeness (QED) is 0.574. The molecule has 3 aromatic rings. The lowest BCUT2D eigenvalue weighted by molar-refractivity contribution is -0.131. The van der Waals surface area contributed by atoms with E-state index in [1.54, 1.807) is 0 Å². The van der Waals surface area contributed by atoms with Crippen LogP contribution in [0.25, 0.3) is 0 Å². The van der Waals surface area contributed by atoms with E-state index < -0.39 is 0 Å². The second-order valence-electron chi connectivity index (χ2n) is 7.51. The Labute approximate surface area is 183 Å². The van der Waals surface area contributed by atoms with E-state index in [9.17, 15) is 4.79 Å². The lowest BCUT2D eigenvalue weighted by Gasteiger charge is -2.36. The first-order valence-corrected chi connectivity index (χ1v) is 11.6. The van der Waals surface area contributed by atoms with Gasteiger partial charge in [0.1, 0.15) is 0 Å². The highest BCUT2D eigenvalue weighted by molar-refractivity contribution is 8.00. The van der Waals surface area contributed by atoms with Gasteiger partial charge in [-0.05, 0) is 16.7 Å². The zero-order valence-corrected chi connectivity index (χ0v) is 18.0. The first kappa shape index (κ1) is 20.7. The molecular weight excluding hydrogens is 388 g/mol. The number of nitrogens with zero attached hydrogens (tertiary/aromatic N) is 1. The standard InChI is InChI=1S/C26H28N2OS/c29-25(28-19-17-27-18-20-28)16-21-30-26(22-10-4-1-5-11-22,23-12-6-2-7-13-23)24-14-8-3-9-15-24/h1-15,27H,16-21H2. The molecule has 0 aliphatic carbocycles. The Kier molecular flexibility index (Phi) is 6.88. The lowest BCUT2D eigenvalue weighted by Crippen LogP contribution is -2.46. The lowest BCUT2D eigenvalue weighted by atomic mass is 9.84. The molecule has 1 heterocycles. The molecule has 0 aromatic heterocycles. The fraction of sp³-hybridized carbons (Fsp3) is 0.269. The van der Waals surface area contributed by atoms with Crippen LogP contribution in [-0.4, -0.2) is 42.7 Å². The van der Waals surface area contributed by atoms with Crippen LogP contribution >= 0.6 is 11.8 Å². The number of nitrogens with one attached hydrogen (secondary N) is 1. The summed E-state index contributed by atoms with van der Waals surface area (Å²) in [5.74, 6) is 1.02. The van der Waals surface area contributed by atoms with Gasteiger partial charge in [0.15, 0.2) is 0 Å². The van der Waals surface area contributed by atoms with Crippen LogP contribution in [0, 0.1) is 0 Å². The molecule has 1 fully saturated rings. The van der Waals surface area contributed by atoms with Gasteiger partial charge in [0.2, 0.25) is 5.91 Å². The average Bonchev–Trinajstić information content (AvgIpc) is 2.84. The van der Waals surface area contributed by atoms with Gasteiger partial charge >= 0.3 is 0 Å². The molecule has 3 nitrogen and oxygen atoms in total. The first-order chi connectivity index (χ1) is 14.8. The van der Waals surface area contributed by atoms with Crippen molar-refractivity contribution in [3.63, 3.8) is 0 Å². The molecule has 0 unspecified atom stereocenters. The molecule has 1 amide bonds. The highest BCUT2D eigenvalue weighted by Gasteiger charge is 2.36. The summed E-state index contributed by atoms with van der Waals surface area (Å²) in [6.45, 7) is 3.40. The van der Waals surface area contributed by atoms with Crippen LogP contribution in [0.15, 0.2) is 91.0 Å². The summed E-state index contributed by atoms with van der Waals surface area (Å²) in [5.41, 5.74) is 3.71. The van der Waals surface area contributed by atoms with E-state index in [2.05, 4.69) is 96.3 Å². The summed E-state index contributed by atoms with van der Waals surface area (Å²) in [4.78, 5) is 14.8. The third kappa shape index (κ3) is 4.45. The van der Waals surface area contributed by atoms with Crippen LogP contribution in [0.3, 0.4) is 0 Å². The molecule has 0 saturated carbocycles. The minimum Gasteiger partial charge on any atom is -0.340 e. The molecule has 1 aliphatic heterocycles. The smallest absolute Gasteiger partial charge is 0.223 e. The maximum Gasteiger partial charge on any atom is 0.223 e. The minimum absolute atomic E-state index is 0.257. The van der Waals surface area contributed by atoms with Gasteiger partial charge in [0.05, 0.1) is 4.75 Å². The van der Waals surface area contributed by atoms with E-state index in [1.807, 2.05) is 16.7 Å². The first-order valence-electron chi connectivity index (χ1n) is 10.6. The zero-order valence-electron chi connectivity index (χ0n) is 17.2. The van der Waals surface area contributed by atoms with Crippen molar-refractivity contribution in [3.8, 4) is 0 Å². The van der Waals surface area contributed by atoms with Gasteiger partial charge in [-0.3, -0.25) is 4.79 Å².